The number of esters is 1. The molecule has 0 N–H and O–H groups in total. The molecule has 232 valence electrons. The Morgan fingerprint density at radius 1 is 1.04 bits per heavy atom. The van der Waals surface area contributed by atoms with Crippen molar-refractivity contribution in [3.05, 3.63) is 156 Å². The van der Waals surface area contributed by atoms with Crippen molar-refractivity contribution < 1.29 is 18.7 Å². The van der Waals surface area contributed by atoms with Crippen molar-refractivity contribution in [3.8, 4) is 5.75 Å². The Labute approximate surface area is 300 Å². The van der Waals surface area contributed by atoms with Crippen molar-refractivity contribution in [2.24, 2.45) is 4.99 Å². The van der Waals surface area contributed by atoms with Crippen LogP contribution in [0.1, 0.15) is 35.2 Å². The molecule has 1 aliphatic heterocycles. The lowest BCUT2D eigenvalue weighted by Gasteiger charge is -2.25. The molecular formula is C35H24ClFI2N2O4S. The summed E-state index contributed by atoms with van der Waals surface area (Å²) in [6.45, 7) is 2.14. The van der Waals surface area contributed by atoms with Gasteiger partial charge in [0.15, 0.2) is 4.80 Å². The monoisotopic (exact) mass is 876 g/mol. The predicted molar refractivity (Wildman–Crippen MR) is 195 cm³/mol. The van der Waals surface area contributed by atoms with Gasteiger partial charge in [-0.25, -0.2) is 14.2 Å². The number of thiazole rings is 1. The summed E-state index contributed by atoms with van der Waals surface area (Å²) < 4.78 is 29.6. The molecule has 0 unspecified atom stereocenters. The fourth-order valence-corrected chi connectivity index (χ4v) is 8.41. The van der Waals surface area contributed by atoms with Crippen LogP contribution in [0, 0.1) is 13.0 Å². The molecule has 0 amide bonds. The van der Waals surface area contributed by atoms with Crippen LogP contribution in [0.15, 0.2) is 106 Å². The highest BCUT2D eigenvalue weighted by Gasteiger charge is 2.35. The van der Waals surface area contributed by atoms with E-state index in [4.69, 9.17) is 26.1 Å². The van der Waals surface area contributed by atoms with E-state index in [-0.39, 0.29) is 24.3 Å². The number of rotatable bonds is 8. The molecule has 6 nitrogen and oxygen atoms in total. The minimum atomic E-state index is -0.900. The zero-order valence-corrected chi connectivity index (χ0v) is 30.1. The van der Waals surface area contributed by atoms with Gasteiger partial charge in [0.2, 0.25) is 0 Å². The van der Waals surface area contributed by atoms with Crippen molar-refractivity contribution in [1.82, 2.24) is 4.57 Å². The average molecular weight is 877 g/mol. The highest BCUT2D eigenvalue weighted by atomic mass is 127. The topological polar surface area (TPSA) is 69.9 Å². The number of fused-ring (bicyclic) bond motifs is 1. The number of nitrogens with zero attached hydrogens (tertiary/aromatic N) is 2. The van der Waals surface area contributed by atoms with Crippen LogP contribution in [-0.4, -0.2) is 17.1 Å². The van der Waals surface area contributed by atoms with Crippen LogP contribution in [0.25, 0.3) is 11.8 Å². The van der Waals surface area contributed by atoms with Gasteiger partial charge in [-0.05, 0) is 106 Å². The van der Waals surface area contributed by atoms with E-state index >= 15 is 0 Å². The van der Waals surface area contributed by atoms with Crippen molar-refractivity contribution in [1.29, 1.82) is 0 Å². The maximum Gasteiger partial charge on any atom is 0.338 e. The van der Waals surface area contributed by atoms with Gasteiger partial charge in [-0.3, -0.25) is 9.36 Å². The summed E-state index contributed by atoms with van der Waals surface area (Å²) in [6.07, 6.45) is 1.79. The number of carbonyl (C=O) groups is 1. The van der Waals surface area contributed by atoms with Gasteiger partial charge in [-0.2, -0.15) is 0 Å². The van der Waals surface area contributed by atoms with E-state index in [9.17, 15) is 14.0 Å². The maximum atomic E-state index is 14.3. The van der Waals surface area contributed by atoms with Gasteiger partial charge in [0.05, 0.1) is 32.0 Å². The Bertz CT molecular complexity index is 2170. The zero-order valence-electron chi connectivity index (χ0n) is 24.2. The summed E-state index contributed by atoms with van der Waals surface area (Å²) in [5, 5.41) is 0.618. The van der Waals surface area contributed by atoms with E-state index < -0.39 is 17.8 Å². The SMILES string of the molecule is CCOC(=O)C1=C(c2ccccc2)N=c2s/c(=C\c3cc(I)cc(I)c3OCc3cccc(Cl)c3)c(=O)n2[C@H]1c1ccc(F)cc1. The van der Waals surface area contributed by atoms with Gasteiger partial charge in [0.1, 0.15) is 18.2 Å². The van der Waals surface area contributed by atoms with Crippen molar-refractivity contribution in [3.63, 3.8) is 0 Å². The number of halogens is 4. The minimum Gasteiger partial charge on any atom is -0.487 e. The Morgan fingerprint density at radius 2 is 1.80 bits per heavy atom. The van der Waals surface area contributed by atoms with Crippen LogP contribution < -0.4 is 19.6 Å². The standard InChI is InChI=1S/C35H24ClFI2N2O4S/c1-2-44-34(43)29-30(21-8-4-3-5-9-21)40-35-41(31(29)22-11-13-25(37)14-12-22)33(42)28(46-35)17-23-16-26(38)18-27(39)32(23)45-19-20-7-6-10-24(36)15-20/h3-18,31H,2,19H2,1H3/b28-17-/t31-/m0/s1. The number of benzene rings is 4. The third-order valence-electron chi connectivity index (χ3n) is 7.16. The largest absolute Gasteiger partial charge is 0.487 e. The molecule has 0 saturated heterocycles. The number of hydrogen-bond donors (Lipinski definition) is 0. The summed E-state index contributed by atoms with van der Waals surface area (Å²) in [5.74, 6) is -0.406. The molecule has 1 atom stereocenters. The Hall–Kier alpha value is -3.33. The smallest absolute Gasteiger partial charge is 0.338 e. The van der Waals surface area contributed by atoms with Gasteiger partial charge >= 0.3 is 5.97 Å². The van der Waals surface area contributed by atoms with Crippen LogP contribution in [0.3, 0.4) is 0 Å². The normalized spacial score (nSPS) is 14.5. The first-order valence-electron chi connectivity index (χ1n) is 14.1. The second kappa shape index (κ2) is 14.2. The molecule has 0 saturated carbocycles. The van der Waals surface area contributed by atoms with Gasteiger partial charge < -0.3 is 9.47 Å². The van der Waals surface area contributed by atoms with E-state index in [0.717, 1.165) is 18.3 Å². The fourth-order valence-electron chi connectivity index (χ4n) is 5.16. The van der Waals surface area contributed by atoms with Crippen molar-refractivity contribution in [2.75, 3.05) is 6.61 Å². The van der Waals surface area contributed by atoms with E-state index in [0.29, 0.717) is 36.9 Å². The lowest BCUT2D eigenvalue weighted by atomic mass is 9.93. The summed E-state index contributed by atoms with van der Waals surface area (Å²) in [5.41, 5.74) is 3.13. The number of aromatic nitrogens is 1. The van der Waals surface area contributed by atoms with Crippen LogP contribution in [0.5, 0.6) is 5.75 Å². The van der Waals surface area contributed by atoms with Gasteiger partial charge in [-0.15, -0.1) is 0 Å². The molecule has 5 aromatic rings. The Morgan fingerprint density at radius 3 is 2.52 bits per heavy atom. The lowest BCUT2D eigenvalue weighted by Crippen LogP contribution is -2.40. The van der Waals surface area contributed by atoms with Crippen molar-refractivity contribution in [2.45, 2.75) is 19.6 Å². The molecular weight excluding hydrogens is 853 g/mol. The van der Waals surface area contributed by atoms with Gasteiger partial charge in [0.25, 0.3) is 5.56 Å². The predicted octanol–water partition coefficient (Wildman–Crippen LogP) is 7.52. The van der Waals surface area contributed by atoms with Gasteiger partial charge in [0, 0.05) is 19.7 Å². The first-order chi connectivity index (χ1) is 22.2. The third-order valence-corrected chi connectivity index (χ3v) is 9.80. The first-order valence-corrected chi connectivity index (χ1v) is 17.5. The summed E-state index contributed by atoms with van der Waals surface area (Å²) in [7, 11) is 0. The second-order valence-electron chi connectivity index (χ2n) is 10.2. The maximum absolute atomic E-state index is 14.3. The molecule has 0 radical (unpaired) electrons. The first kappa shape index (κ1) is 32.6. The molecule has 2 heterocycles. The zero-order chi connectivity index (χ0) is 32.4. The number of ether oxygens (including phenoxy) is 2. The molecule has 1 aliphatic rings. The molecule has 0 spiro atoms. The fraction of sp³-hybridized carbons (Fsp3) is 0.114. The molecule has 0 aliphatic carbocycles. The number of hydrogen-bond acceptors (Lipinski definition) is 6. The minimum absolute atomic E-state index is 0.133. The van der Waals surface area contributed by atoms with E-state index in [2.05, 4.69) is 45.2 Å². The molecule has 6 rings (SSSR count). The Balaban J connectivity index is 1.56. The summed E-state index contributed by atoms with van der Waals surface area (Å²) in [4.78, 5) is 33.2. The van der Waals surface area contributed by atoms with Gasteiger partial charge in [-0.1, -0.05) is 77.5 Å². The highest BCUT2D eigenvalue weighted by molar-refractivity contribution is 14.1. The molecule has 11 heteroatoms. The number of carbonyl (C=O) groups excluding carboxylic acids is 1. The van der Waals surface area contributed by atoms with E-state index in [1.54, 1.807) is 31.2 Å². The quantitative estimate of drug-likeness (QED) is 0.120. The molecule has 4 aromatic carbocycles. The summed E-state index contributed by atoms with van der Waals surface area (Å²) >= 11 is 11.9. The van der Waals surface area contributed by atoms with Crippen LogP contribution >= 0.6 is 68.1 Å². The van der Waals surface area contributed by atoms with Crippen molar-refractivity contribution >= 4 is 85.9 Å². The highest BCUT2D eigenvalue weighted by Crippen LogP contribution is 2.35. The lowest BCUT2D eigenvalue weighted by molar-refractivity contribution is -0.138. The summed E-state index contributed by atoms with van der Waals surface area (Å²) in [6, 6.07) is 25.6. The van der Waals surface area contributed by atoms with Crippen LogP contribution in [0.4, 0.5) is 4.39 Å². The molecule has 0 fully saturated rings. The van der Waals surface area contributed by atoms with E-state index in [1.165, 1.54) is 28.0 Å². The van der Waals surface area contributed by atoms with Crippen LogP contribution in [-0.2, 0) is 16.1 Å². The molecule has 0 bridgehead atoms. The molecule has 1 aromatic heterocycles. The van der Waals surface area contributed by atoms with E-state index in [1.807, 2.05) is 60.7 Å². The third kappa shape index (κ3) is 6.85. The van der Waals surface area contributed by atoms with Crippen LogP contribution in [0.2, 0.25) is 5.02 Å². The molecule has 46 heavy (non-hydrogen) atoms. The average Bonchev–Trinajstić information content (AvgIpc) is 3.35. The Kier molecular flexibility index (Phi) is 10.1. The second-order valence-corrected chi connectivity index (χ2v) is 14.1.